The van der Waals surface area contributed by atoms with E-state index in [0.29, 0.717) is 11.0 Å². The minimum Gasteiger partial charge on any atom is -0.348 e. The molecule has 0 bridgehead atoms. The monoisotopic (exact) mass is 351 g/mol. The van der Waals surface area contributed by atoms with Gasteiger partial charge in [0.05, 0.1) is 12.0 Å². The molecule has 1 fully saturated rings. The standard InChI is InChI=1S/C19H21N5O2/c1-23-12-20-15-16(18(25)21-13-8-4-2-5-9-13)22-24(17(15)19(23)26)14-10-6-3-7-11-14/h3,6-7,10-13H,2,4-5,8-9H2,1H3,(H,21,25). The molecular weight excluding hydrogens is 330 g/mol. The molecule has 7 nitrogen and oxygen atoms in total. The first-order chi connectivity index (χ1) is 12.6. The molecule has 2 aromatic heterocycles. The molecule has 3 aromatic rings. The second kappa shape index (κ2) is 6.74. The molecule has 1 aliphatic carbocycles. The lowest BCUT2D eigenvalue weighted by Gasteiger charge is -2.22. The summed E-state index contributed by atoms with van der Waals surface area (Å²) in [6.07, 6.45) is 6.87. The predicted octanol–water partition coefficient (Wildman–Crippen LogP) is 2.18. The number of para-hydroxylation sites is 1. The largest absolute Gasteiger partial charge is 0.348 e. The van der Waals surface area contributed by atoms with Crippen molar-refractivity contribution in [1.29, 1.82) is 0 Å². The van der Waals surface area contributed by atoms with Gasteiger partial charge in [0.15, 0.2) is 11.2 Å². The Balaban J connectivity index is 1.81. The van der Waals surface area contributed by atoms with E-state index >= 15 is 0 Å². The van der Waals surface area contributed by atoms with Crippen LogP contribution in [0, 0.1) is 0 Å². The Labute approximate surface area is 150 Å². The number of nitrogens with one attached hydrogen (secondary N) is 1. The van der Waals surface area contributed by atoms with Gasteiger partial charge < -0.3 is 9.88 Å². The van der Waals surface area contributed by atoms with Gasteiger partial charge >= 0.3 is 0 Å². The van der Waals surface area contributed by atoms with Crippen LogP contribution in [0.3, 0.4) is 0 Å². The summed E-state index contributed by atoms with van der Waals surface area (Å²) in [6, 6.07) is 9.49. The number of amides is 1. The molecule has 0 spiro atoms. The summed E-state index contributed by atoms with van der Waals surface area (Å²) in [5, 5.41) is 7.52. The Hall–Kier alpha value is -2.96. The number of carbonyl (C=O) groups is 1. The molecule has 1 saturated carbocycles. The van der Waals surface area contributed by atoms with Crippen molar-refractivity contribution in [3.05, 3.63) is 52.7 Å². The van der Waals surface area contributed by atoms with Gasteiger partial charge in [-0.1, -0.05) is 37.5 Å². The zero-order chi connectivity index (χ0) is 18.1. The lowest BCUT2D eigenvalue weighted by Crippen LogP contribution is -2.36. The number of hydrogen-bond acceptors (Lipinski definition) is 4. The number of hydrogen-bond donors (Lipinski definition) is 1. The first-order valence-electron chi connectivity index (χ1n) is 8.96. The van der Waals surface area contributed by atoms with Crippen LogP contribution in [0.2, 0.25) is 0 Å². The third-order valence-electron chi connectivity index (χ3n) is 4.90. The Morgan fingerprint density at radius 2 is 1.88 bits per heavy atom. The van der Waals surface area contributed by atoms with Gasteiger partial charge in [0.2, 0.25) is 0 Å². The van der Waals surface area contributed by atoms with Crippen LogP contribution in [0.25, 0.3) is 16.7 Å². The van der Waals surface area contributed by atoms with E-state index in [2.05, 4.69) is 15.4 Å². The predicted molar refractivity (Wildman–Crippen MR) is 98.4 cm³/mol. The number of rotatable bonds is 3. The molecule has 2 heterocycles. The Morgan fingerprint density at radius 1 is 1.15 bits per heavy atom. The van der Waals surface area contributed by atoms with Crippen LogP contribution in [-0.2, 0) is 7.05 Å². The normalized spacial score (nSPS) is 15.3. The molecule has 0 unspecified atom stereocenters. The van der Waals surface area contributed by atoms with Crippen LogP contribution in [0.15, 0.2) is 41.5 Å². The van der Waals surface area contributed by atoms with Crippen molar-refractivity contribution in [3.8, 4) is 5.69 Å². The van der Waals surface area contributed by atoms with Gasteiger partial charge in [0.25, 0.3) is 11.5 Å². The molecule has 26 heavy (non-hydrogen) atoms. The molecule has 4 rings (SSSR count). The van der Waals surface area contributed by atoms with E-state index in [0.717, 1.165) is 31.4 Å². The van der Waals surface area contributed by atoms with Crippen molar-refractivity contribution in [3.63, 3.8) is 0 Å². The fourth-order valence-electron chi connectivity index (χ4n) is 3.50. The molecule has 0 atom stereocenters. The average molecular weight is 351 g/mol. The van der Waals surface area contributed by atoms with Crippen LogP contribution in [0.1, 0.15) is 42.6 Å². The summed E-state index contributed by atoms with van der Waals surface area (Å²) in [4.78, 5) is 29.8. The second-order valence-corrected chi connectivity index (χ2v) is 6.76. The Morgan fingerprint density at radius 3 is 2.62 bits per heavy atom. The van der Waals surface area contributed by atoms with Gasteiger partial charge in [0.1, 0.15) is 5.52 Å². The number of carbonyl (C=O) groups excluding carboxylic acids is 1. The van der Waals surface area contributed by atoms with E-state index in [1.54, 1.807) is 7.05 Å². The van der Waals surface area contributed by atoms with E-state index in [1.807, 2.05) is 30.3 Å². The van der Waals surface area contributed by atoms with Gasteiger partial charge in [-0.2, -0.15) is 5.10 Å². The molecule has 0 saturated heterocycles. The molecule has 1 aromatic carbocycles. The highest BCUT2D eigenvalue weighted by atomic mass is 16.2. The van der Waals surface area contributed by atoms with Gasteiger partial charge in [-0.15, -0.1) is 0 Å². The van der Waals surface area contributed by atoms with Crippen LogP contribution >= 0.6 is 0 Å². The smallest absolute Gasteiger partial charge is 0.279 e. The summed E-state index contributed by atoms with van der Waals surface area (Å²) < 4.78 is 2.91. The maximum Gasteiger partial charge on any atom is 0.279 e. The summed E-state index contributed by atoms with van der Waals surface area (Å²) in [7, 11) is 1.64. The third-order valence-corrected chi connectivity index (χ3v) is 4.90. The number of aryl methyl sites for hydroxylation is 1. The van der Waals surface area contributed by atoms with Gasteiger partial charge in [-0.25, -0.2) is 9.67 Å². The molecule has 7 heteroatoms. The lowest BCUT2D eigenvalue weighted by atomic mass is 9.95. The molecule has 0 radical (unpaired) electrons. The summed E-state index contributed by atoms with van der Waals surface area (Å²) in [5.74, 6) is -0.266. The van der Waals surface area contributed by atoms with E-state index < -0.39 is 0 Å². The highest BCUT2D eigenvalue weighted by molar-refractivity contribution is 6.03. The highest BCUT2D eigenvalue weighted by Crippen LogP contribution is 2.20. The number of benzene rings is 1. The van der Waals surface area contributed by atoms with E-state index in [-0.39, 0.29) is 23.2 Å². The van der Waals surface area contributed by atoms with Crippen LogP contribution in [0.5, 0.6) is 0 Å². The molecule has 1 amide bonds. The molecule has 134 valence electrons. The Kier molecular flexibility index (Phi) is 4.28. The van der Waals surface area contributed by atoms with Crippen LogP contribution < -0.4 is 10.9 Å². The van der Waals surface area contributed by atoms with Gasteiger partial charge in [-0.05, 0) is 25.0 Å². The van der Waals surface area contributed by atoms with Crippen molar-refractivity contribution in [2.75, 3.05) is 0 Å². The Bertz CT molecular complexity index is 1000. The fraction of sp³-hybridized carbons (Fsp3) is 0.368. The first kappa shape index (κ1) is 16.5. The highest BCUT2D eigenvalue weighted by Gasteiger charge is 2.24. The topological polar surface area (TPSA) is 81.8 Å². The minimum absolute atomic E-state index is 0.166. The average Bonchev–Trinajstić information content (AvgIpc) is 3.07. The van der Waals surface area contributed by atoms with E-state index in [9.17, 15) is 9.59 Å². The van der Waals surface area contributed by atoms with Crippen molar-refractivity contribution in [2.24, 2.45) is 7.05 Å². The molecular formula is C19H21N5O2. The third kappa shape index (κ3) is 2.89. The number of aromatic nitrogens is 4. The number of fused-ring (bicyclic) bond motifs is 1. The summed E-state index contributed by atoms with van der Waals surface area (Å²) in [5.41, 5.74) is 1.34. The molecule has 1 aliphatic rings. The maximum atomic E-state index is 12.8. The molecule has 1 N–H and O–H groups in total. The van der Waals surface area contributed by atoms with Crippen molar-refractivity contribution in [1.82, 2.24) is 24.6 Å². The van der Waals surface area contributed by atoms with Gasteiger partial charge in [0, 0.05) is 13.1 Å². The van der Waals surface area contributed by atoms with E-state index in [4.69, 9.17) is 0 Å². The zero-order valence-corrected chi connectivity index (χ0v) is 14.7. The van der Waals surface area contributed by atoms with Crippen molar-refractivity contribution >= 4 is 16.9 Å². The van der Waals surface area contributed by atoms with Crippen LogP contribution in [-0.4, -0.2) is 31.3 Å². The quantitative estimate of drug-likeness (QED) is 0.784. The van der Waals surface area contributed by atoms with Crippen LogP contribution in [0.4, 0.5) is 0 Å². The maximum absolute atomic E-state index is 12.8. The zero-order valence-electron chi connectivity index (χ0n) is 14.7. The van der Waals surface area contributed by atoms with Gasteiger partial charge in [-0.3, -0.25) is 9.59 Å². The van der Waals surface area contributed by atoms with Crippen molar-refractivity contribution in [2.45, 2.75) is 38.1 Å². The first-order valence-corrected chi connectivity index (χ1v) is 8.96. The summed E-state index contributed by atoms with van der Waals surface area (Å²) >= 11 is 0. The molecule has 0 aliphatic heterocycles. The fourth-order valence-corrected chi connectivity index (χ4v) is 3.50. The van der Waals surface area contributed by atoms with E-state index in [1.165, 1.54) is 22.0 Å². The minimum atomic E-state index is -0.266. The SMILES string of the molecule is Cn1cnc2c(C(=O)NC3CCCCC3)nn(-c3ccccc3)c2c1=O. The van der Waals surface area contributed by atoms with Crippen molar-refractivity contribution < 1.29 is 4.79 Å². The lowest BCUT2D eigenvalue weighted by molar-refractivity contribution is 0.0923. The number of nitrogens with zero attached hydrogens (tertiary/aromatic N) is 4. The second-order valence-electron chi connectivity index (χ2n) is 6.76. The summed E-state index contributed by atoms with van der Waals surface area (Å²) in [6.45, 7) is 0.